The second-order valence-electron chi connectivity index (χ2n) is 7.73. The molecule has 2 aromatic carbocycles. The highest BCUT2D eigenvalue weighted by atomic mass is 19.1. The van der Waals surface area contributed by atoms with Gasteiger partial charge in [-0.15, -0.1) is 0 Å². The van der Waals surface area contributed by atoms with E-state index in [2.05, 4.69) is 4.90 Å². The number of ether oxygens (including phenoxy) is 2. The van der Waals surface area contributed by atoms with Gasteiger partial charge in [0, 0.05) is 31.7 Å². The maximum atomic E-state index is 13.4. The fourth-order valence-electron chi connectivity index (χ4n) is 4.11. The number of rotatable bonds is 6. The summed E-state index contributed by atoms with van der Waals surface area (Å²) in [5.74, 6) is -1.65. The van der Waals surface area contributed by atoms with Crippen LogP contribution in [0.1, 0.15) is 17.2 Å². The summed E-state index contributed by atoms with van der Waals surface area (Å²) < 4.78 is 24.1. The van der Waals surface area contributed by atoms with E-state index in [1.54, 1.807) is 24.3 Å². The molecule has 1 N–H and O–H groups in total. The molecule has 0 spiro atoms. The van der Waals surface area contributed by atoms with Gasteiger partial charge in [-0.2, -0.15) is 0 Å². The first kappa shape index (κ1) is 22.0. The van der Waals surface area contributed by atoms with Gasteiger partial charge < -0.3 is 19.5 Å². The number of nitrogens with zero attached hydrogens (tertiary/aromatic N) is 2. The Labute approximate surface area is 185 Å². The van der Waals surface area contributed by atoms with Crippen molar-refractivity contribution in [3.8, 4) is 5.75 Å². The fourth-order valence-corrected chi connectivity index (χ4v) is 4.11. The predicted molar refractivity (Wildman–Crippen MR) is 116 cm³/mol. The molecule has 2 aliphatic heterocycles. The third-order valence-corrected chi connectivity index (χ3v) is 5.83. The Morgan fingerprint density at radius 3 is 2.53 bits per heavy atom. The first-order valence-corrected chi connectivity index (χ1v) is 10.5. The van der Waals surface area contributed by atoms with Crippen LogP contribution in [0.15, 0.2) is 54.1 Å². The standard InChI is InChI=1S/C24H25FN2O5/c1-31-19-4-2-3-17(15-19)21-20(22(28)16-5-7-18(25)8-6-16)23(29)24(30)27(21)10-9-26-11-13-32-14-12-26/h2-8,15,21,28H,9-14H2,1H3/b22-20-. The number of Topliss-reactive ketones (excluding diaryl/α,β-unsaturated/α-hetero) is 1. The molecule has 2 heterocycles. The number of aliphatic hydroxyl groups is 1. The minimum Gasteiger partial charge on any atom is -0.507 e. The van der Waals surface area contributed by atoms with Gasteiger partial charge in [-0.3, -0.25) is 14.5 Å². The summed E-state index contributed by atoms with van der Waals surface area (Å²) in [4.78, 5) is 29.7. The minimum absolute atomic E-state index is 0.0168. The molecule has 8 heteroatoms. The maximum Gasteiger partial charge on any atom is 0.295 e. The van der Waals surface area contributed by atoms with Gasteiger partial charge in [0.15, 0.2) is 0 Å². The molecule has 0 bridgehead atoms. The van der Waals surface area contributed by atoms with Crippen molar-refractivity contribution < 1.29 is 28.6 Å². The number of likely N-dealkylation sites (tertiary alicyclic amines) is 1. The van der Waals surface area contributed by atoms with E-state index in [-0.39, 0.29) is 16.9 Å². The highest BCUT2D eigenvalue weighted by Gasteiger charge is 2.46. The van der Waals surface area contributed by atoms with Crippen LogP contribution in [0.2, 0.25) is 0 Å². The molecule has 0 saturated carbocycles. The number of benzene rings is 2. The van der Waals surface area contributed by atoms with Crippen LogP contribution in [-0.2, 0) is 14.3 Å². The van der Waals surface area contributed by atoms with Gasteiger partial charge in [0.05, 0.1) is 31.9 Å². The molecule has 0 aromatic heterocycles. The van der Waals surface area contributed by atoms with Crippen molar-refractivity contribution in [3.63, 3.8) is 0 Å². The number of carbonyl (C=O) groups excluding carboxylic acids is 2. The average molecular weight is 440 g/mol. The molecule has 1 amide bonds. The number of methoxy groups -OCH3 is 1. The van der Waals surface area contributed by atoms with Crippen LogP contribution >= 0.6 is 0 Å². The summed E-state index contributed by atoms with van der Waals surface area (Å²) in [6, 6.07) is 11.5. The first-order valence-electron chi connectivity index (χ1n) is 10.5. The zero-order valence-corrected chi connectivity index (χ0v) is 17.8. The lowest BCUT2D eigenvalue weighted by atomic mass is 9.95. The topological polar surface area (TPSA) is 79.3 Å². The van der Waals surface area contributed by atoms with Crippen LogP contribution in [0.4, 0.5) is 4.39 Å². The van der Waals surface area contributed by atoms with E-state index in [0.29, 0.717) is 37.6 Å². The van der Waals surface area contributed by atoms with E-state index in [4.69, 9.17) is 9.47 Å². The lowest BCUT2D eigenvalue weighted by molar-refractivity contribution is -0.140. The van der Waals surface area contributed by atoms with Gasteiger partial charge in [0.25, 0.3) is 11.7 Å². The molecule has 2 aromatic rings. The van der Waals surface area contributed by atoms with E-state index in [9.17, 15) is 19.1 Å². The summed E-state index contributed by atoms with van der Waals surface area (Å²) in [6.07, 6.45) is 0. The molecular weight excluding hydrogens is 415 g/mol. The van der Waals surface area contributed by atoms with Gasteiger partial charge >= 0.3 is 0 Å². The van der Waals surface area contributed by atoms with Crippen LogP contribution in [0.3, 0.4) is 0 Å². The Morgan fingerprint density at radius 2 is 1.84 bits per heavy atom. The van der Waals surface area contributed by atoms with Crippen molar-refractivity contribution in [1.29, 1.82) is 0 Å². The maximum absolute atomic E-state index is 13.4. The van der Waals surface area contributed by atoms with Crippen LogP contribution in [-0.4, -0.2) is 73.1 Å². The van der Waals surface area contributed by atoms with Crippen LogP contribution < -0.4 is 4.74 Å². The van der Waals surface area contributed by atoms with Gasteiger partial charge in [-0.25, -0.2) is 4.39 Å². The van der Waals surface area contributed by atoms with Crippen molar-refractivity contribution in [3.05, 3.63) is 71.0 Å². The number of carbonyl (C=O) groups is 2. The van der Waals surface area contributed by atoms with Crippen molar-refractivity contribution in [2.75, 3.05) is 46.5 Å². The number of hydrogen-bond donors (Lipinski definition) is 1. The molecular formula is C24H25FN2O5. The molecule has 0 radical (unpaired) electrons. The van der Waals surface area contributed by atoms with Gasteiger partial charge in [0.1, 0.15) is 17.3 Å². The van der Waals surface area contributed by atoms with Crippen molar-refractivity contribution in [1.82, 2.24) is 9.80 Å². The zero-order chi connectivity index (χ0) is 22.7. The second kappa shape index (κ2) is 9.50. The van der Waals surface area contributed by atoms with Crippen molar-refractivity contribution >= 4 is 17.4 Å². The highest BCUT2D eigenvalue weighted by Crippen LogP contribution is 2.40. The Kier molecular flexibility index (Phi) is 6.53. The van der Waals surface area contributed by atoms with Crippen molar-refractivity contribution in [2.24, 2.45) is 0 Å². The van der Waals surface area contributed by atoms with E-state index >= 15 is 0 Å². The smallest absolute Gasteiger partial charge is 0.295 e. The van der Waals surface area contributed by atoms with Crippen molar-refractivity contribution in [2.45, 2.75) is 6.04 Å². The summed E-state index contributed by atoms with van der Waals surface area (Å²) in [7, 11) is 1.53. The number of amides is 1. The number of aliphatic hydroxyl groups excluding tert-OH is 1. The average Bonchev–Trinajstić information content (AvgIpc) is 3.08. The number of halogens is 1. The van der Waals surface area contributed by atoms with Gasteiger partial charge in [-0.1, -0.05) is 12.1 Å². The predicted octanol–water partition coefficient (Wildman–Crippen LogP) is 2.59. The van der Waals surface area contributed by atoms with E-state index < -0.39 is 23.5 Å². The van der Waals surface area contributed by atoms with Gasteiger partial charge in [-0.05, 0) is 42.0 Å². The van der Waals surface area contributed by atoms with Crippen LogP contribution in [0.25, 0.3) is 5.76 Å². The molecule has 2 saturated heterocycles. The molecule has 4 rings (SSSR count). The first-order chi connectivity index (χ1) is 15.5. The van der Waals surface area contributed by atoms with Crippen LogP contribution in [0, 0.1) is 5.82 Å². The summed E-state index contributed by atoms with van der Waals surface area (Å²) in [5.41, 5.74) is 0.900. The number of morpholine rings is 1. The van der Waals surface area contributed by atoms with Gasteiger partial charge in [0.2, 0.25) is 0 Å². The number of ketones is 1. The summed E-state index contributed by atoms with van der Waals surface area (Å²) in [6.45, 7) is 3.65. The molecule has 168 valence electrons. The quantitative estimate of drug-likeness (QED) is 0.423. The molecule has 2 fully saturated rings. The molecule has 1 unspecified atom stereocenters. The van der Waals surface area contributed by atoms with E-state index in [1.165, 1.54) is 36.3 Å². The van der Waals surface area contributed by atoms with Crippen LogP contribution in [0.5, 0.6) is 5.75 Å². The monoisotopic (exact) mass is 440 g/mol. The van der Waals surface area contributed by atoms with E-state index in [1.807, 2.05) is 0 Å². The Bertz CT molecular complexity index is 1030. The molecule has 0 aliphatic carbocycles. The normalized spacial score (nSPS) is 21.2. The van der Waals surface area contributed by atoms with E-state index in [0.717, 1.165) is 13.1 Å². The number of hydrogen-bond acceptors (Lipinski definition) is 6. The molecule has 1 atom stereocenters. The lowest BCUT2D eigenvalue weighted by Crippen LogP contribution is -2.42. The largest absolute Gasteiger partial charge is 0.507 e. The Balaban J connectivity index is 1.74. The zero-order valence-electron chi connectivity index (χ0n) is 17.8. The summed E-state index contributed by atoms with van der Waals surface area (Å²) in [5, 5.41) is 11.0. The Morgan fingerprint density at radius 1 is 1.12 bits per heavy atom. The minimum atomic E-state index is -0.781. The fraction of sp³-hybridized carbons (Fsp3) is 0.333. The Hall–Kier alpha value is -3.23. The summed E-state index contributed by atoms with van der Waals surface area (Å²) >= 11 is 0. The third kappa shape index (κ3) is 4.37. The lowest BCUT2D eigenvalue weighted by Gasteiger charge is -2.31. The highest BCUT2D eigenvalue weighted by molar-refractivity contribution is 6.46. The third-order valence-electron chi connectivity index (χ3n) is 5.83. The molecule has 7 nitrogen and oxygen atoms in total. The molecule has 32 heavy (non-hydrogen) atoms. The SMILES string of the molecule is COc1cccc(C2/C(=C(/O)c3ccc(F)cc3)C(=O)C(=O)N2CCN2CCOCC2)c1. The molecule has 2 aliphatic rings. The second-order valence-corrected chi connectivity index (χ2v) is 7.73.